The first kappa shape index (κ1) is 19.6. The Bertz CT molecular complexity index is 677. The maximum absolute atomic E-state index is 13.2. The highest BCUT2D eigenvalue weighted by molar-refractivity contribution is 8.00. The topological polar surface area (TPSA) is 57.0 Å². The van der Waals surface area contributed by atoms with Gasteiger partial charge >= 0.3 is 6.18 Å². The zero-order valence-corrected chi connectivity index (χ0v) is 15.0. The fourth-order valence-electron chi connectivity index (χ4n) is 2.83. The minimum Gasteiger partial charge on any atom is -0.342 e. The number of thioether (sulfide) groups is 1. The van der Waals surface area contributed by atoms with Crippen molar-refractivity contribution in [3.63, 3.8) is 0 Å². The lowest BCUT2D eigenvalue weighted by atomic mass is 10.1. The third-order valence-electron chi connectivity index (χ3n) is 4.09. The monoisotopic (exact) mass is 371 g/mol. The van der Waals surface area contributed by atoms with Crippen molar-refractivity contribution in [3.05, 3.63) is 22.9 Å². The van der Waals surface area contributed by atoms with E-state index in [0.29, 0.717) is 13.1 Å². The number of nitrogens with zero attached hydrogens (tertiary/aromatic N) is 3. The van der Waals surface area contributed by atoms with Crippen LogP contribution in [-0.4, -0.2) is 34.1 Å². The summed E-state index contributed by atoms with van der Waals surface area (Å²) in [6.07, 6.45) is -0.594. The summed E-state index contributed by atoms with van der Waals surface area (Å²) in [7, 11) is 0. The number of hydrogen-bond acceptors (Lipinski definition) is 4. The molecule has 0 N–H and O–H groups in total. The second-order valence-corrected chi connectivity index (χ2v) is 7.43. The lowest BCUT2D eigenvalue weighted by molar-refractivity contribution is -0.138. The van der Waals surface area contributed by atoms with Crippen LogP contribution in [0.25, 0.3) is 0 Å². The minimum absolute atomic E-state index is 0.0366. The number of carbonyl (C=O) groups is 1. The predicted octanol–water partition coefficient (Wildman–Crippen LogP) is 4.16. The zero-order chi connectivity index (χ0) is 18.6. The standard InChI is InChI=1S/C17H20F3N3OS/c1-11-9-14(17(18,19)20)13(10-21)15(22-11)25-12(2)16(24)23-7-5-3-4-6-8-23/h9,12H,3-8H2,1-2H3. The lowest BCUT2D eigenvalue weighted by Crippen LogP contribution is -2.37. The van der Waals surface area contributed by atoms with E-state index < -0.39 is 22.6 Å². The fraction of sp³-hybridized carbons (Fsp3) is 0.588. The SMILES string of the molecule is Cc1cc(C(F)(F)F)c(C#N)c(SC(C)C(=O)N2CCCCCC2)n1. The molecule has 1 aliphatic heterocycles. The Hall–Kier alpha value is -1.75. The Morgan fingerprint density at radius 2 is 1.92 bits per heavy atom. The van der Waals surface area contributed by atoms with E-state index in [2.05, 4.69) is 4.98 Å². The summed E-state index contributed by atoms with van der Waals surface area (Å²) in [6.45, 7) is 4.44. The highest BCUT2D eigenvalue weighted by atomic mass is 32.2. The average Bonchev–Trinajstić information content (AvgIpc) is 2.82. The number of rotatable bonds is 3. The Balaban J connectivity index is 2.25. The molecule has 136 valence electrons. The van der Waals surface area contributed by atoms with E-state index >= 15 is 0 Å². The number of carbonyl (C=O) groups excluding carboxylic acids is 1. The average molecular weight is 371 g/mol. The highest BCUT2D eigenvalue weighted by Gasteiger charge is 2.36. The summed E-state index contributed by atoms with van der Waals surface area (Å²) in [5.74, 6) is -0.118. The molecule has 0 aliphatic carbocycles. The van der Waals surface area contributed by atoms with Gasteiger partial charge in [0, 0.05) is 18.8 Å². The van der Waals surface area contributed by atoms with Crippen LogP contribution in [0.3, 0.4) is 0 Å². The van der Waals surface area contributed by atoms with Gasteiger partial charge in [-0.05, 0) is 32.8 Å². The Labute approximate surface area is 149 Å². The van der Waals surface area contributed by atoms with Gasteiger partial charge in [-0.1, -0.05) is 24.6 Å². The van der Waals surface area contributed by atoms with Crippen LogP contribution in [-0.2, 0) is 11.0 Å². The molecule has 1 aromatic rings. The van der Waals surface area contributed by atoms with Crippen LogP contribution in [0.1, 0.15) is 49.4 Å². The van der Waals surface area contributed by atoms with E-state index in [-0.39, 0.29) is 16.6 Å². The van der Waals surface area contributed by atoms with E-state index in [9.17, 15) is 23.2 Å². The van der Waals surface area contributed by atoms with Crippen LogP contribution in [0.15, 0.2) is 11.1 Å². The smallest absolute Gasteiger partial charge is 0.342 e. The zero-order valence-electron chi connectivity index (χ0n) is 14.2. The number of amides is 1. The van der Waals surface area contributed by atoms with E-state index in [0.717, 1.165) is 43.5 Å². The van der Waals surface area contributed by atoms with Crippen molar-refractivity contribution >= 4 is 17.7 Å². The Morgan fingerprint density at radius 3 is 2.44 bits per heavy atom. The number of aryl methyl sites for hydroxylation is 1. The molecule has 2 rings (SSSR count). The second kappa shape index (κ2) is 8.09. The third-order valence-corrected chi connectivity index (χ3v) is 5.16. The largest absolute Gasteiger partial charge is 0.417 e. The maximum Gasteiger partial charge on any atom is 0.417 e. The molecule has 8 heteroatoms. The highest BCUT2D eigenvalue weighted by Crippen LogP contribution is 2.37. The van der Waals surface area contributed by atoms with Crippen LogP contribution in [0.4, 0.5) is 13.2 Å². The quantitative estimate of drug-likeness (QED) is 0.749. The number of aromatic nitrogens is 1. The van der Waals surface area contributed by atoms with Gasteiger partial charge in [0.05, 0.1) is 16.4 Å². The van der Waals surface area contributed by atoms with Crippen molar-refractivity contribution in [2.45, 2.75) is 56.0 Å². The molecule has 1 amide bonds. The molecule has 0 spiro atoms. The molecule has 1 atom stereocenters. The van der Waals surface area contributed by atoms with E-state index in [1.165, 1.54) is 6.92 Å². The summed E-state index contributed by atoms with van der Waals surface area (Å²) < 4.78 is 39.5. The van der Waals surface area contributed by atoms with Gasteiger partial charge in [-0.3, -0.25) is 4.79 Å². The Morgan fingerprint density at radius 1 is 1.32 bits per heavy atom. The molecule has 25 heavy (non-hydrogen) atoms. The minimum atomic E-state index is -4.63. The van der Waals surface area contributed by atoms with E-state index in [1.54, 1.807) is 17.9 Å². The van der Waals surface area contributed by atoms with E-state index in [1.807, 2.05) is 0 Å². The van der Waals surface area contributed by atoms with Gasteiger partial charge < -0.3 is 4.90 Å². The number of halogens is 3. The maximum atomic E-state index is 13.2. The normalized spacial score (nSPS) is 16.9. The number of nitriles is 1. The van der Waals surface area contributed by atoms with Crippen molar-refractivity contribution in [2.24, 2.45) is 0 Å². The number of hydrogen-bond donors (Lipinski definition) is 0. The third kappa shape index (κ3) is 4.88. The van der Waals surface area contributed by atoms with Gasteiger partial charge in [-0.25, -0.2) is 4.98 Å². The first-order valence-electron chi connectivity index (χ1n) is 8.18. The first-order chi connectivity index (χ1) is 11.7. The molecule has 1 fully saturated rings. The molecular weight excluding hydrogens is 351 g/mol. The predicted molar refractivity (Wildman–Crippen MR) is 89.1 cm³/mol. The van der Waals surface area contributed by atoms with Crippen molar-refractivity contribution in [1.29, 1.82) is 5.26 Å². The van der Waals surface area contributed by atoms with Crippen LogP contribution in [0.2, 0.25) is 0 Å². The van der Waals surface area contributed by atoms with Crippen molar-refractivity contribution in [2.75, 3.05) is 13.1 Å². The van der Waals surface area contributed by atoms with Crippen molar-refractivity contribution in [3.8, 4) is 6.07 Å². The number of alkyl halides is 3. The molecular formula is C17H20F3N3OS. The van der Waals surface area contributed by atoms with Gasteiger partial charge in [0.1, 0.15) is 11.1 Å². The first-order valence-corrected chi connectivity index (χ1v) is 9.06. The molecule has 0 aromatic carbocycles. The summed E-state index contributed by atoms with van der Waals surface area (Å²) in [5, 5.41) is 8.56. The van der Waals surface area contributed by atoms with Gasteiger partial charge in [-0.2, -0.15) is 18.4 Å². The lowest BCUT2D eigenvalue weighted by Gasteiger charge is -2.24. The van der Waals surface area contributed by atoms with Gasteiger partial charge in [0.25, 0.3) is 0 Å². The summed E-state index contributed by atoms with van der Waals surface area (Å²) in [4.78, 5) is 18.4. The van der Waals surface area contributed by atoms with Gasteiger partial charge in [0.15, 0.2) is 0 Å². The molecule has 0 saturated carbocycles. The van der Waals surface area contributed by atoms with Gasteiger partial charge in [-0.15, -0.1) is 0 Å². The van der Waals surface area contributed by atoms with Crippen molar-refractivity contribution in [1.82, 2.24) is 9.88 Å². The molecule has 1 aromatic heterocycles. The Kier molecular flexibility index (Phi) is 6.33. The van der Waals surface area contributed by atoms with E-state index in [4.69, 9.17) is 0 Å². The van der Waals surface area contributed by atoms with Crippen molar-refractivity contribution < 1.29 is 18.0 Å². The number of likely N-dealkylation sites (tertiary alicyclic amines) is 1. The number of pyridine rings is 1. The van der Waals surface area contributed by atoms with Crippen LogP contribution >= 0.6 is 11.8 Å². The molecule has 2 heterocycles. The summed E-state index contributed by atoms with van der Waals surface area (Å²) in [6, 6.07) is 2.47. The molecule has 4 nitrogen and oxygen atoms in total. The van der Waals surface area contributed by atoms with Gasteiger partial charge in [0.2, 0.25) is 5.91 Å². The van der Waals surface area contributed by atoms with Crippen LogP contribution < -0.4 is 0 Å². The fourth-order valence-corrected chi connectivity index (χ4v) is 3.88. The van der Waals surface area contributed by atoms with Crippen LogP contribution in [0, 0.1) is 18.3 Å². The molecule has 0 radical (unpaired) electrons. The molecule has 1 saturated heterocycles. The molecule has 1 aliphatic rings. The molecule has 0 bridgehead atoms. The van der Waals surface area contributed by atoms with Crippen LogP contribution in [0.5, 0.6) is 0 Å². The summed E-state index contributed by atoms with van der Waals surface area (Å²) in [5.41, 5.74) is -1.35. The second-order valence-electron chi connectivity index (χ2n) is 6.10. The molecule has 1 unspecified atom stereocenters. The summed E-state index contributed by atoms with van der Waals surface area (Å²) >= 11 is 0.923.